The van der Waals surface area contributed by atoms with E-state index in [1.807, 2.05) is 25.1 Å². The van der Waals surface area contributed by atoms with Gasteiger partial charge in [-0.25, -0.2) is 4.98 Å². The summed E-state index contributed by atoms with van der Waals surface area (Å²) in [5, 5.41) is 5.19. The van der Waals surface area contributed by atoms with Gasteiger partial charge in [0.05, 0.1) is 5.70 Å². The number of hydrogen-bond donors (Lipinski definition) is 1. The number of benzene rings is 1. The van der Waals surface area contributed by atoms with Crippen molar-refractivity contribution in [2.45, 2.75) is 17.3 Å². The van der Waals surface area contributed by atoms with Crippen molar-refractivity contribution in [3.63, 3.8) is 0 Å². The average Bonchev–Trinajstić information content (AvgIpc) is 2.99. The van der Waals surface area contributed by atoms with E-state index in [-0.39, 0.29) is 5.50 Å². The van der Waals surface area contributed by atoms with Crippen molar-refractivity contribution in [1.29, 1.82) is 0 Å². The van der Waals surface area contributed by atoms with Gasteiger partial charge in [0.15, 0.2) is 0 Å². The quantitative estimate of drug-likeness (QED) is 0.875. The van der Waals surface area contributed by atoms with Gasteiger partial charge < -0.3 is 5.73 Å². The molecule has 0 radical (unpaired) electrons. The topological polar surface area (TPSA) is 42.1 Å². The first-order valence-corrected chi connectivity index (χ1v) is 8.39. The molecule has 0 saturated carbocycles. The lowest BCUT2D eigenvalue weighted by molar-refractivity contribution is 0.627. The zero-order valence-corrected chi connectivity index (χ0v) is 12.8. The third-order valence-corrected chi connectivity index (χ3v) is 5.64. The van der Waals surface area contributed by atoms with E-state index in [1.54, 1.807) is 35.0 Å². The number of thiazole rings is 1. The van der Waals surface area contributed by atoms with Crippen LogP contribution in [0.5, 0.6) is 0 Å². The Morgan fingerprint density at radius 2 is 2.11 bits per heavy atom. The number of aromatic nitrogens is 1. The lowest BCUT2D eigenvalue weighted by Crippen LogP contribution is -2.29. The van der Waals surface area contributed by atoms with Crippen LogP contribution in [0.1, 0.15) is 10.7 Å². The summed E-state index contributed by atoms with van der Waals surface area (Å²) in [6.45, 7) is 2.01. The molecule has 1 aliphatic rings. The van der Waals surface area contributed by atoms with E-state index in [1.165, 1.54) is 4.90 Å². The largest absolute Gasteiger partial charge is 0.302 e. The van der Waals surface area contributed by atoms with Gasteiger partial charge in [0.1, 0.15) is 10.5 Å². The Morgan fingerprint density at radius 1 is 1.32 bits per heavy atom. The van der Waals surface area contributed by atoms with Crippen LogP contribution >= 0.6 is 35.0 Å². The van der Waals surface area contributed by atoms with Gasteiger partial charge >= 0.3 is 0 Å². The summed E-state index contributed by atoms with van der Waals surface area (Å²) in [5.74, 6) is 0. The summed E-state index contributed by atoms with van der Waals surface area (Å²) in [5.41, 5.74) is 8.24. The Morgan fingerprint density at radius 3 is 2.79 bits per heavy atom. The molecule has 2 heterocycles. The molecule has 1 aliphatic heterocycles. The van der Waals surface area contributed by atoms with Crippen LogP contribution in [0.2, 0.25) is 0 Å². The van der Waals surface area contributed by atoms with Gasteiger partial charge in [-0.05, 0) is 31.0 Å². The molecule has 3 nitrogen and oxygen atoms in total. The molecule has 1 unspecified atom stereocenters. The smallest absolute Gasteiger partial charge is 0.141 e. The molecule has 98 valence electrons. The van der Waals surface area contributed by atoms with Gasteiger partial charge in [0.2, 0.25) is 0 Å². The summed E-state index contributed by atoms with van der Waals surface area (Å²) in [6, 6.07) is 10.3. The molecule has 0 amide bonds. The van der Waals surface area contributed by atoms with E-state index >= 15 is 0 Å². The highest BCUT2D eigenvalue weighted by molar-refractivity contribution is 8.05. The van der Waals surface area contributed by atoms with Crippen LogP contribution in [0.4, 0.5) is 0 Å². The lowest BCUT2D eigenvalue weighted by Gasteiger charge is -2.23. The Hall–Kier alpha value is -0.950. The third kappa shape index (κ3) is 2.81. The highest BCUT2D eigenvalue weighted by atomic mass is 32.2. The maximum absolute atomic E-state index is 6.15. The standard InChI is InChI=1S/C13H13N3S3/c1-9-7-17-12(15-9)11-8-18-13(14)16(11)19-10-5-3-2-4-6-10/h2-8,13H,14H2,1H3. The molecule has 0 aliphatic carbocycles. The molecule has 19 heavy (non-hydrogen) atoms. The number of nitrogens with zero attached hydrogens (tertiary/aromatic N) is 2. The SMILES string of the molecule is Cc1csc(C2=CSC(N)N2Sc2ccccc2)n1. The Labute approximate surface area is 125 Å². The van der Waals surface area contributed by atoms with Crippen LogP contribution in [0.3, 0.4) is 0 Å². The summed E-state index contributed by atoms with van der Waals surface area (Å²) in [4.78, 5) is 5.73. The minimum absolute atomic E-state index is 0.0654. The van der Waals surface area contributed by atoms with E-state index < -0.39 is 0 Å². The molecule has 1 atom stereocenters. The third-order valence-electron chi connectivity index (χ3n) is 2.57. The van der Waals surface area contributed by atoms with E-state index in [2.05, 4.69) is 32.2 Å². The van der Waals surface area contributed by atoms with Gasteiger partial charge in [-0.15, -0.1) is 11.3 Å². The molecule has 3 rings (SSSR count). The second-order valence-corrected chi connectivity index (χ2v) is 6.95. The first-order valence-electron chi connectivity index (χ1n) is 5.80. The highest BCUT2D eigenvalue weighted by Crippen LogP contribution is 2.42. The second kappa shape index (κ2) is 5.58. The first kappa shape index (κ1) is 13.1. The molecule has 0 bridgehead atoms. The van der Waals surface area contributed by atoms with Gasteiger partial charge in [-0.2, -0.15) is 0 Å². The van der Waals surface area contributed by atoms with Crippen molar-refractivity contribution in [2.24, 2.45) is 5.73 Å². The van der Waals surface area contributed by atoms with E-state index in [9.17, 15) is 0 Å². The van der Waals surface area contributed by atoms with Crippen molar-refractivity contribution in [3.05, 3.63) is 51.8 Å². The van der Waals surface area contributed by atoms with Crippen molar-refractivity contribution in [1.82, 2.24) is 9.29 Å². The summed E-state index contributed by atoms with van der Waals surface area (Å²) in [7, 11) is 0. The van der Waals surface area contributed by atoms with Crippen LogP contribution < -0.4 is 5.73 Å². The monoisotopic (exact) mass is 307 g/mol. The van der Waals surface area contributed by atoms with E-state index in [0.717, 1.165) is 16.4 Å². The minimum atomic E-state index is -0.0654. The first-order chi connectivity index (χ1) is 9.24. The zero-order valence-electron chi connectivity index (χ0n) is 10.3. The molecule has 2 N–H and O–H groups in total. The molecular formula is C13H13N3S3. The fourth-order valence-corrected chi connectivity index (χ4v) is 4.54. The Kier molecular flexibility index (Phi) is 3.83. The van der Waals surface area contributed by atoms with Gasteiger partial charge in [-0.3, -0.25) is 4.31 Å². The van der Waals surface area contributed by atoms with Crippen molar-refractivity contribution < 1.29 is 0 Å². The lowest BCUT2D eigenvalue weighted by atomic mass is 10.4. The van der Waals surface area contributed by atoms with Crippen molar-refractivity contribution >= 4 is 40.7 Å². The highest BCUT2D eigenvalue weighted by Gasteiger charge is 2.27. The predicted octanol–water partition coefficient (Wildman–Crippen LogP) is 3.75. The second-order valence-electron chi connectivity index (χ2n) is 4.05. The normalized spacial score (nSPS) is 18.7. The van der Waals surface area contributed by atoms with Crippen molar-refractivity contribution in [2.75, 3.05) is 0 Å². The van der Waals surface area contributed by atoms with Gasteiger partial charge in [0, 0.05) is 21.4 Å². The molecular weight excluding hydrogens is 294 g/mol. The maximum Gasteiger partial charge on any atom is 0.141 e. The molecule has 0 spiro atoms. The van der Waals surface area contributed by atoms with Crippen LogP contribution in [0.15, 0.2) is 46.0 Å². The average molecular weight is 307 g/mol. The van der Waals surface area contributed by atoms with Crippen LogP contribution in [0.25, 0.3) is 5.70 Å². The molecule has 0 saturated heterocycles. The van der Waals surface area contributed by atoms with Crippen LogP contribution in [-0.2, 0) is 0 Å². The number of rotatable bonds is 3. The summed E-state index contributed by atoms with van der Waals surface area (Å²) in [6.07, 6.45) is 0. The maximum atomic E-state index is 6.15. The number of hydrogen-bond acceptors (Lipinski definition) is 6. The van der Waals surface area contributed by atoms with Crippen LogP contribution in [-0.4, -0.2) is 14.8 Å². The van der Waals surface area contributed by atoms with Gasteiger partial charge in [0.25, 0.3) is 0 Å². The predicted molar refractivity (Wildman–Crippen MR) is 84.5 cm³/mol. The molecule has 1 aromatic carbocycles. The number of aryl methyl sites for hydroxylation is 1. The zero-order chi connectivity index (χ0) is 13.2. The molecule has 1 aromatic heterocycles. The molecule has 0 fully saturated rings. The van der Waals surface area contributed by atoms with E-state index in [0.29, 0.717) is 0 Å². The Balaban J connectivity index is 1.84. The minimum Gasteiger partial charge on any atom is -0.302 e. The van der Waals surface area contributed by atoms with Crippen molar-refractivity contribution in [3.8, 4) is 0 Å². The van der Waals surface area contributed by atoms with Crippen LogP contribution in [0, 0.1) is 6.92 Å². The number of nitrogens with two attached hydrogens (primary N) is 1. The summed E-state index contributed by atoms with van der Waals surface area (Å²) >= 11 is 4.94. The fraction of sp³-hybridized carbons (Fsp3) is 0.154. The van der Waals surface area contributed by atoms with Gasteiger partial charge in [-0.1, -0.05) is 30.0 Å². The molecule has 6 heteroatoms. The number of thioether (sulfide) groups is 1. The summed E-state index contributed by atoms with van der Waals surface area (Å²) < 4.78 is 2.12. The molecule has 2 aromatic rings. The van der Waals surface area contributed by atoms with E-state index in [4.69, 9.17) is 5.73 Å². The Bertz CT molecular complexity index is 594. The fourth-order valence-electron chi connectivity index (χ4n) is 1.69.